The third-order valence-electron chi connectivity index (χ3n) is 3.71. The number of rotatable bonds is 2. The van der Waals surface area contributed by atoms with Crippen molar-refractivity contribution >= 4 is 39.0 Å². The van der Waals surface area contributed by atoms with Gasteiger partial charge in [0.1, 0.15) is 11.7 Å². The van der Waals surface area contributed by atoms with Crippen molar-refractivity contribution in [2.24, 2.45) is 9.98 Å². The Bertz CT molecular complexity index is 982. The topological polar surface area (TPSA) is 49.6 Å². The molecule has 0 bridgehead atoms. The van der Waals surface area contributed by atoms with Crippen molar-refractivity contribution in [2.75, 3.05) is 5.32 Å². The summed E-state index contributed by atoms with van der Waals surface area (Å²) in [4.78, 5) is 13.4. The number of nitrogens with zero attached hydrogens (tertiary/aromatic N) is 3. The van der Waals surface area contributed by atoms with Gasteiger partial charge in [0.05, 0.1) is 11.4 Å². The fraction of sp³-hybridized carbons (Fsp3) is 0. The number of halogens is 2. The standard InChI is InChI=1S/C19H12BrFN4/c20-14-3-6-16-17(11-14)24-19(13-7-9-22-10-8-13)25-18(23-16)12-1-4-15(21)5-2-12/h1-11H,(H,23,24,25). The molecule has 122 valence electrons. The van der Waals surface area contributed by atoms with Crippen LogP contribution in [0.4, 0.5) is 15.8 Å². The van der Waals surface area contributed by atoms with E-state index in [0.29, 0.717) is 11.7 Å². The summed E-state index contributed by atoms with van der Waals surface area (Å²) >= 11 is 3.48. The number of benzene rings is 2. The molecule has 25 heavy (non-hydrogen) atoms. The average molecular weight is 395 g/mol. The van der Waals surface area contributed by atoms with Gasteiger partial charge in [-0.15, -0.1) is 0 Å². The Morgan fingerprint density at radius 1 is 0.840 bits per heavy atom. The second kappa shape index (κ2) is 6.57. The lowest BCUT2D eigenvalue weighted by Gasteiger charge is -2.09. The highest BCUT2D eigenvalue weighted by molar-refractivity contribution is 9.10. The highest BCUT2D eigenvalue weighted by Crippen LogP contribution is 2.31. The lowest BCUT2D eigenvalue weighted by molar-refractivity contribution is 0.628. The second-order valence-electron chi connectivity index (χ2n) is 5.43. The van der Waals surface area contributed by atoms with Crippen molar-refractivity contribution in [2.45, 2.75) is 0 Å². The van der Waals surface area contributed by atoms with E-state index in [1.54, 1.807) is 24.5 Å². The summed E-state index contributed by atoms with van der Waals surface area (Å²) in [7, 11) is 0. The van der Waals surface area contributed by atoms with Gasteiger partial charge in [-0.2, -0.15) is 0 Å². The van der Waals surface area contributed by atoms with E-state index < -0.39 is 0 Å². The zero-order chi connectivity index (χ0) is 17.2. The number of nitrogens with one attached hydrogen (secondary N) is 1. The van der Waals surface area contributed by atoms with Crippen LogP contribution >= 0.6 is 15.9 Å². The summed E-state index contributed by atoms with van der Waals surface area (Å²) in [6.07, 6.45) is 3.42. The molecule has 2 heterocycles. The molecule has 4 rings (SSSR count). The van der Waals surface area contributed by atoms with Crippen LogP contribution in [0.3, 0.4) is 0 Å². The van der Waals surface area contributed by atoms with Crippen LogP contribution < -0.4 is 5.32 Å². The number of pyridine rings is 1. The van der Waals surface area contributed by atoms with Gasteiger partial charge < -0.3 is 5.32 Å². The quantitative estimate of drug-likeness (QED) is 0.669. The molecule has 0 atom stereocenters. The van der Waals surface area contributed by atoms with Crippen LogP contribution in [0, 0.1) is 5.82 Å². The van der Waals surface area contributed by atoms with Gasteiger partial charge in [-0.25, -0.2) is 14.4 Å². The van der Waals surface area contributed by atoms with E-state index in [-0.39, 0.29) is 5.82 Å². The van der Waals surface area contributed by atoms with Crippen LogP contribution in [0.5, 0.6) is 0 Å². The first-order valence-corrected chi connectivity index (χ1v) is 8.39. The minimum atomic E-state index is -0.293. The van der Waals surface area contributed by atoms with Crippen molar-refractivity contribution in [1.29, 1.82) is 0 Å². The van der Waals surface area contributed by atoms with Crippen LogP contribution in [-0.4, -0.2) is 16.7 Å². The van der Waals surface area contributed by atoms with E-state index >= 15 is 0 Å². The van der Waals surface area contributed by atoms with E-state index in [1.165, 1.54) is 12.1 Å². The monoisotopic (exact) mass is 394 g/mol. The van der Waals surface area contributed by atoms with Gasteiger partial charge in [0, 0.05) is 28.0 Å². The van der Waals surface area contributed by atoms with Crippen LogP contribution in [0.15, 0.2) is 81.4 Å². The zero-order valence-corrected chi connectivity index (χ0v) is 14.5. The average Bonchev–Trinajstić information content (AvgIpc) is 2.82. The fourth-order valence-electron chi connectivity index (χ4n) is 2.48. The number of hydrogen-bond acceptors (Lipinski definition) is 4. The third kappa shape index (κ3) is 3.34. The summed E-state index contributed by atoms with van der Waals surface area (Å²) in [5.74, 6) is 0.876. The van der Waals surface area contributed by atoms with Gasteiger partial charge in [0.15, 0.2) is 5.84 Å². The van der Waals surface area contributed by atoms with E-state index in [9.17, 15) is 4.39 Å². The number of amidine groups is 2. The van der Waals surface area contributed by atoms with Crippen molar-refractivity contribution in [3.05, 3.63) is 88.4 Å². The second-order valence-corrected chi connectivity index (χ2v) is 6.34. The Balaban J connectivity index is 1.89. The van der Waals surface area contributed by atoms with Gasteiger partial charge in [-0.1, -0.05) is 15.9 Å². The molecular formula is C19H12BrFN4. The Labute approximate surface area is 152 Å². The lowest BCUT2D eigenvalue weighted by atomic mass is 10.2. The lowest BCUT2D eigenvalue weighted by Crippen LogP contribution is -2.15. The Kier molecular flexibility index (Phi) is 4.11. The molecule has 0 aliphatic carbocycles. The number of hydrogen-bond donors (Lipinski definition) is 1. The summed E-state index contributed by atoms with van der Waals surface area (Å²) in [6, 6.07) is 15.7. The Morgan fingerprint density at radius 2 is 1.60 bits per heavy atom. The van der Waals surface area contributed by atoms with Gasteiger partial charge in [0.25, 0.3) is 0 Å². The summed E-state index contributed by atoms with van der Waals surface area (Å²) in [5.41, 5.74) is 3.22. The maximum Gasteiger partial charge on any atom is 0.162 e. The SMILES string of the molecule is Fc1ccc(C2=Nc3ccc(Br)cc3NC(c3ccncc3)=N2)cc1. The van der Waals surface area contributed by atoms with Crippen LogP contribution in [0.1, 0.15) is 11.1 Å². The number of aliphatic imine (C=N–C) groups is 2. The van der Waals surface area contributed by atoms with Crippen molar-refractivity contribution in [3.63, 3.8) is 0 Å². The minimum absolute atomic E-state index is 0.293. The first-order chi connectivity index (χ1) is 12.2. The molecule has 6 heteroatoms. The van der Waals surface area contributed by atoms with Gasteiger partial charge in [-0.05, 0) is 54.6 Å². The van der Waals surface area contributed by atoms with Crippen LogP contribution in [0.25, 0.3) is 0 Å². The van der Waals surface area contributed by atoms with Gasteiger partial charge in [-0.3, -0.25) is 4.98 Å². The number of aromatic nitrogens is 1. The predicted octanol–water partition coefficient (Wildman–Crippen LogP) is 4.93. The molecule has 0 unspecified atom stereocenters. The largest absolute Gasteiger partial charge is 0.338 e. The number of anilines is 1. The van der Waals surface area contributed by atoms with E-state index in [0.717, 1.165) is 27.0 Å². The molecule has 1 aliphatic heterocycles. The third-order valence-corrected chi connectivity index (χ3v) is 4.21. The molecule has 1 aliphatic rings. The zero-order valence-electron chi connectivity index (χ0n) is 12.9. The van der Waals surface area contributed by atoms with Crippen molar-refractivity contribution < 1.29 is 4.39 Å². The van der Waals surface area contributed by atoms with Crippen LogP contribution in [-0.2, 0) is 0 Å². The van der Waals surface area contributed by atoms with E-state index in [2.05, 4.69) is 36.2 Å². The molecule has 2 aromatic carbocycles. The highest BCUT2D eigenvalue weighted by Gasteiger charge is 2.15. The Morgan fingerprint density at radius 3 is 2.36 bits per heavy atom. The summed E-state index contributed by atoms with van der Waals surface area (Å²) in [5, 5.41) is 3.33. The first kappa shape index (κ1) is 15.7. The van der Waals surface area contributed by atoms with E-state index in [1.807, 2.05) is 30.3 Å². The van der Waals surface area contributed by atoms with Gasteiger partial charge >= 0.3 is 0 Å². The molecule has 0 radical (unpaired) electrons. The van der Waals surface area contributed by atoms with E-state index in [4.69, 9.17) is 0 Å². The van der Waals surface area contributed by atoms with Crippen LogP contribution in [0.2, 0.25) is 0 Å². The maximum atomic E-state index is 13.3. The molecular weight excluding hydrogens is 383 g/mol. The molecule has 0 amide bonds. The fourth-order valence-corrected chi connectivity index (χ4v) is 2.84. The molecule has 1 N–H and O–H groups in total. The van der Waals surface area contributed by atoms with Crippen molar-refractivity contribution in [1.82, 2.24) is 4.98 Å². The maximum absolute atomic E-state index is 13.3. The summed E-state index contributed by atoms with van der Waals surface area (Å²) < 4.78 is 14.2. The minimum Gasteiger partial charge on any atom is -0.338 e. The summed E-state index contributed by atoms with van der Waals surface area (Å²) in [6.45, 7) is 0. The molecule has 4 nitrogen and oxygen atoms in total. The first-order valence-electron chi connectivity index (χ1n) is 7.59. The van der Waals surface area contributed by atoms with Gasteiger partial charge in [0.2, 0.25) is 0 Å². The molecule has 3 aromatic rings. The number of fused-ring (bicyclic) bond motifs is 1. The smallest absolute Gasteiger partial charge is 0.162 e. The molecule has 0 fully saturated rings. The Hall–Kier alpha value is -2.86. The predicted molar refractivity (Wildman–Crippen MR) is 101 cm³/mol. The molecule has 0 spiro atoms. The highest BCUT2D eigenvalue weighted by atomic mass is 79.9. The molecule has 0 saturated heterocycles. The van der Waals surface area contributed by atoms with Crippen molar-refractivity contribution in [3.8, 4) is 0 Å². The molecule has 0 saturated carbocycles. The normalized spacial score (nSPS) is 13.2. The molecule has 1 aromatic heterocycles.